The number of nitrogens with zero attached hydrogens (tertiary/aromatic N) is 1. The molecule has 1 aromatic heterocycles. The van der Waals surface area contributed by atoms with Crippen LogP contribution < -0.4 is 0 Å². The maximum Gasteiger partial charge on any atom is 0.174 e. The number of benzene rings is 1. The van der Waals surface area contributed by atoms with Gasteiger partial charge in [0.25, 0.3) is 0 Å². The molecule has 0 N–H and O–H groups in total. The molecule has 0 radical (unpaired) electrons. The Morgan fingerprint density at radius 3 is 2.55 bits per heavy atom. The molecule has 104 valence electrons. The third-order valence-corrected chi connectivity index (χ3v) is 5.33. The van der Waals surface area contributed by atoms with Crippen LogP contribution in [0.3, 0.4) is 0 Å². The summed E-state index contributed by atoms with van der Waals surface area (Å²) in [6.45, 7) is 4.13. The minimum absolute atomic E-state index is 0.213. The Morgan fingerprint density at radius 1 is 1.20 bits per heavy atom. The predicted molar refractivity (Wildman–Crippen MR) is 77.9 cm³/mol. The molecule has 2 nitrogen and oxygen atoms in total. The van der Waals surface area contributed by atoms with E-state index in [0.29, 0.717) is 6.42 Å². The van der Waals surface area contributed by atoms with Gasteiger partial charge in [0.15, 0.2) is 5.78 Å². The first-order chi connectivity index (χ1) is 9.48. The molecule has 1 aromatic carbocycles. The average molecular weight is 289 g/mol. The van der Waals surface area contributed by atoms with Crippen LogP contribution in [0.5, 0.6) is 0 Å². The van der Waals surface area contributed by atoms with Crippen LogP contribution in [0.1, 0.15) is 52.6 Å². The zero-order valence-corrected chi connectivity index (χ0v) is 12.4. The first-order valence-corrected chi connectivity index (χ1v) is 7.59. The summed E-state index contributed by atoms with van der Waals surface area (Å²) in [5.74, 6) is -0.0249. The third-order valence-electron chi connectivity index (χ3n) is 3.87. The molecule has 0 aliphatic heterocycles. The number of ketones is 1. The number of hydrogen-bond donors (Lipinski definition) is 0. The Hall–Kier alpha value is -1.55. The molecule has 0 saturated carbocycles. The summed E-state index contributed by atoms with van der Waals surface area (Å²) in [4.78, 5) is 17.4. The van der Waals surface area contributed by atoms with Crippen molar-refractivity contribution in [2.75, 3.05) is 0 Å². The molecule has 0 atom stereocenters. The number of aromatic nitrogens is 1. The predicted octanol–water partition coefficient (Wildman–Crippen LogP) is 4.13. The molecule has 1 heterocycles. The largest absolute Gasteiger partial charge is 0.293 e. The van der Waals surface area contributed by atoms with Gasteiger partial charge < -0.3 is 0 Å². The van der Waals surface area contributed by atoms with E-state index in [-0.39, 0.29) is 17.0 Å². The lowest BCUT2D eigenvalue weighted by Gasteiger charge is -2.22. The van der Waals surface area contributed by atoms with Crippen molar-refractivity contribution >= 4 is 17.1 Å². The molecule has 0 spiro atoms. The van der Waals surface area contributed by atoms with E-state index in [1.165, 1.54) is 23.5 Å². The van der Waals surface area contributed by atoms with Gasteiger partial charge in [-0.2, -0.15) is 0 Å². The van der Waals surface area contributed by atoms with E-state index in [1.54, 1.807) is 12.1 Å². The maximum absolute atomic E-state index is 13.1. The highest BCUT2D eigenvalue weighted by Crippen LogP contribution is 2.37. The highest BCUT2D eigenvalue weighted by Gasteiger charge is 2.31. The van der Waals surface area contributed by atoms with Gasteiger partial charge in [0, 0.05) is 11.8 Å². The number of carbonyl (C=O) groups is 1. The molecular weight excluding hydrogens is 273 g/mol. The topological polar surface area (TPSA) is 30.0 Å². The summed E-state index contributed by atoms with van der Waals surface area (Å²) in [5, 5.41) is 0.935. The molecule has 0 bridgehead atoms. The van der Waals surface area contributed by atoms with Crippen molar-refractivity contribution < 1.29 is 9.18 Å². The van der Waals surface area contributed by atoms with Crippen molar-refractivity contribution in [3.05, 3.63) is 51.2 Å². The Bertz CT molecular complexity index is 658. The van der Waals surface area contributed by atoms with Crippen molar-refractivity contribution in [1.82, 2.24) is 4.98 Å². The molecule has 4 heteroatoms. The second kappa shape index (κ2) is 4.77. The maximum atomic E-state index is 13.1. The van der Waals surface area contributed by atoms with Crippen LogP contribution in [0.15, 0.2) is 24.3 Å². The average Bonchev–Trinajstić information content (AvgIpc) is 2.85. The molecule has 0 saturated heterocycles. The van der Waals surface area contributed by atoms with Gasteiger partial charge in [0.1, 0.15) is 10.8 Å². The summed E-state index contributed by atoms with van der Waals surface area (Å²) < 4.78 is 13.1. The van der Waals surface area contributed by atoms with Gasteiger partial charge in [-0.15, -0.1) is 11.3 Å². The van der Waals surface area contributed by atoms with Crippen molar-refractivity contribution in [2.45, 2.75) is 38.5 Å². The third kappa shape index (κ3) is 2.18. The lowest BCUT2D eigenvalue weighted by molar-refractivity contribution is 0.0976. The number of fused-ring (bicyclic) bond motifs is 1. The molecule has 0 amide bonds. The SMILES string of the molecule is CC(C)(c1ccc(F)cc1)c1nc2c(s1)C(=O)CCC2. The lowest BCUT2D eigenvalue weighted by atomic mass is 9.85. The van der Waals surface area contributed by atoms with Crippen LogP contribution in [-0.4, -0.2) is 10.8 Å². The van der Waals surface area contributed by atoms with Crippen molar-refractivity contribution in [3.8, 4) is 0 Å². The molecule has 2 aromatic rings. The fourth-order valence-electron chi connectivity index (χ4n) is 2.53. The molecule has 1 aliphatic carbocycles. The lowest BCUT2D eigenvalue weighted by Crippen LogP contribution is -2.18. The molecule has 20 heavy (non-hydrogen) atoms. The summed E-state index contributed by atoms with van der Waals surface area (Å²) in [6.07, 6.45) is 2.41. The molecule has 0 fully saturated rings. The minimum Gasteiger partial charge on any atom is -0.293 e. The second-order valence-corrected chi connectivity index (χ2v) is 6.70. The van der Waals surface area contributed by atoms with E-state index >= 15 is 0 Å². The van der Waals surface area contributed by atoms with Gasteiger partial charge in [-0.25, -0.2) is 9.37 Å². The molecule has 3 rings (SSSR count). The second-order valence-electron chi connectivity index (χ2n) is 5.70. The highest BCUT2D eigenvalue weighted by molar-refractivity contribution is 7.14. The Balaban J connectivity index is 2.03. The monoisotopic (exact) mass is 289 g/mol. The van der Waals surface area contributed by atoms with Crippen LogP contribution in [0, 0.1) is 5.82 Å². The van der Waals surface area contributed by atoms with Crippen LogP contribution in [0.4, 0.5) is 4.39 Å². The fraction of sp³-hybridized carbons (Fsp3) is 0.375. The van der Waals surface area contributed by atoms with Crippen LogP contribution in [-0.2, 0) is 11.8 Å². The number of aryl methyl sites for hydroxylation is 1. The van der Waals surface area contributed by atoms with Crippen LogP contribution in [0.25, 0.3) is 0 Å². The fourth-order valence-corrected chi connectivity index (χ4v) is 3.73. The van der Waals surface area contributed by atoms with Crippen molar-refractivity contribution in [3.63, 3.8) is 0 Å². The summed E-state index contributed by atoms with van der Waals surface area (Å²) in [5.41, 5.74) is 1.64. The van der Waals surface area contributed by atoms with E-state index in [1.807, 2.05) is 0 Å². The molecule has 0 unspecified atom stereocenters. The van der Waals surface area contributed by atoms with Gasteiger partial charge in [-0.3, -0.25) is 4.79 Å². The normalized spacial score (nSPS) is 15.2. The highest BCUT2D eigenvalue weighted by atomic mass is 32.1. The number of thiazole rings is 1. The number of halogens is 1. The Labute approximate surface area is 121 Å². The molecular formula is C16H16FNOS. The van der Waals surface area contributed by atoms with E-state index in [4.69, 9.17) is 0 Å². The van der Waals surface area contributed by atoms with E-state index < -0.39 is 0 Å². The first-order valence-electron chi connectivity index (χ1n) is 6.78. The number of carbonyl (C=O) groups excluding carboxylic acids is 1. The minimum atomic E-state index is -0.310. The number of rotatable bonds is 2. The van der Waals surface area contributed by atoms with E-state index in [2.05, 4.69) is 18.8 Å². The van der Waals surface area contributed by atoms with Gasteiger partial charge in [-0.05, 0) is 44.4 Å². The van der Waals surface area contributed by atoms with Crippen LogP contribution in [0.2, 0.25) is 0 Å². The Kier molecular flexibility index (Phi) is 3.21. The summed E-state index contributed by atoms with van der Waals surface area (Å²) in [6, 6.07) is 6.51. The van der Waals surface area contributed by atoms with Crippen LogP contribution >= 0.6 is 11.3 Å². The zero-order valence-electron chi connectivity index (χ0n) is 11.6. The Morgan fingerprint density at radius 2 is 1.90 bits per heavy atom. The van der Waals surface area contributed by atoms with Crippen molar-refractivity contribution in [2.24, 2.45) is 0 Å². The first kappa shape index (κ1) is 13.4. The van der Waals surface area contributed by atoms with Gasteiger partial charge in [0.05, 0.1) is 10.6 Å². The summed E-state index contributed by atoms with van der Waals surface area (Å²) >= 11 is 1.50. The van der Waals surface area contributed by atoms with Gasteiger partial charge in [0.2, 0.25) is 0 Å². The number of hydrogen-bond acceptors (Lipinski definition) is 3. The zero-order chi connectivity index (χ0) is 14.3. The van der Waals surface area contributed by atoms with Gasteiger partial charge in [-0.1, -0.05) is 12.1 Å². The van der Waals surface area contributed by atoms with E-state index in [9.17, 15) is 9.18 Å². The standard InChI is InChI=1S/C16H16FNOS/c1-16(2,10-6-8-11(17)9-7-10)15-18-12-4-3-5-13(19)14(12)20-15/h6-9H,3-5H2,1-2H3. The van der Waals surface area contributed by atoms with Crippen molar-refractivity contribution in [1.29, 1.82) is 0 Å². The van der Waals surface area contributed by atoms with E-state index in [0.717, 1.165) is 34.0 Å². The van der Waals surface area contributed by atoms with Gasteiger partial charge >= 0.3 is 0 Å². The quantitative estimate of drug-likeness (QED) is 0.832. The smallest absolute Gasteiger partial charge is 0.174 e. The number of Topliss-reactive ketones (excluding diaryl/α,β-unsaturated/α-hetero) is 1. The molecule has 1 aliphatic rings. The summed E-state index contributed by atoms with van der Waals surface area (Å²) in [7, 11) is 0.